The van der Waals surface area contributed by atoms with Crippen molar-refractivity contribution >= 4 is 16.9 Å². The molecule has 0 aliphatic rings. The largest absolute Gasteiger partial charge is 0.497 e. The number of fused-ring (bicyclic) bond motifs is 1. The van der Waals surface area contributed by atoms with E-state index in [4.69, 9.17) is 9.15 Å². The van der Waals surface area contributed by atoms with Gasteiger partial charge in [0.15, 0.2) is 5.76 Å². The molecule has 5 heteroatoms. The number of methoxy groups -OCH3 is 1. The van der Waals surface area contributed by atoms with Gasteiger partial charge in [0, 0.05) is 23.9 Å². The number of ether oxygens (including phenoxy) is 1. The molecule has 1 atom stereocenters. The molecule has 3 rings (SSSR count). The molecular formula is C20H21NO4. The average Bonchev–Trinajstić information content (AvgIpc) is 2.97. The zero-order valence-electron chi connectivity index (χ0n) is 14.3. The Morgan fingerprint density at radius 3 is 2.72 bits per heavy atom. The second-order valence-corrected chi connectivity index (χ2v) is 5.97. The first-order valence-electron chi connectivity index (χ1n) is 8.16. The van der Waals surface area contributed by atoms with E-state index in [2.05, 4.69) is 5.32 Å². The number of hydrogen-bond donors (Lipinski definition) is 2. The lowest BCUT2D eigenvalue weighted by molar-refractivity contribution is 0.0890. The molecule has 1 unspecified atom stereocenters. The summed E-state index contributed by atoms with van der Waals surface area (Å²) in [5.74, 6) is 0.636. The maximum atomic E-state index is 12.4. The first kappa shape index (κ1) is 17.0. The van der Waals surface area contributed by atoms with E-state index in [0.717, 1.165) is 16.5 Å². The van der Waals surface area contributed by atoms with Crippen LogP contribution in [0.5, 0.6) is 5.75 Å². The van der Waals surface area contributed by atoms with Crippen LogP contribution in [0.25, 0.3) is 11.0 Å². The van der Waals surface area contributed by atoms with Gasteiger partial charge in [-0.1, -0.05) is 30.3 Å². The fraction of sp³-hybridized carbons (Fsp3) is 0.250. The summed E-state index contributed by atoms with van der Waals surface area (Å²) in [6, 6.07) is 15.1. The minimum atomic E-state index is -0.656. The minimum Gasteiger partial charge on any atom is -0.497 e. The molecule has 1 heterocycles. The number of furan rings is 1. The van der Waals surface area contributed by atoms with Crippen LogP contribution < -0.4 is 10.1 Å². The SMILES string of the molecule is COc1ccc2oc(C(=O)NCC(O)Cc3ccccc3)c(C)c2c1. The second kappa shape index (κ2) is 7.40. The molecule has 0 aliphatic carbocycles. The van der Waals surface area contributed by atoms with Gasteiger partial charge in [0.05, 0.1) is 13.2 Å². The zero-order valence-corrected chi connectivity index (χ0v) is 14.3. The number of benzene rings is 2. The van der Waals surface area contributed by atoms with Crippen LogP contribution >= 0.6 is 0 Å². The summed E-state index contributed by atoms with van der Waals surface area (Å²) in [6.45, 7) is 1.99. The van der Waals surface area contributed by atoms with Crippen LogP contribution in [0.4, 0.5) is 0 Å². The number of hydrogen-bond acceptors (Lipinski definition) is 4. The number of aryl methyl sites for hydroxylation is 1. The Bertz CT molecular complexity index is 870. The molecule has 2 N–H and O–H groups in total. The van der Waals surface area contributed by atoms with Gasteiger partial charge < -0.3 is 19.6 Å². The lowest BCUT2D eigenvalue weighted by Gasteiger charge is -2.11. The summed E-state index contributed by atoms with van der Waals surface area (Å²) in [5.41, 5.74) is 2.41. The Balaban J connectivity index is 1.67. The van der Waals surface area contributed by atoms with E-state index in [1.807, 2.05) is 43.3 Å². The van der Waals surface area contributed by atoms with Crippen LogP contribution in [-0.4, -0.2) is 30.8 Å². The third-order valence-electron chi connectivity index (χ3n) is 4.16. The molecule has 0 saturated heterocycles. The van der Waals surface area contributed by atoms with E-state index in [-0.39, 0.29) is 18.2 Å². The highest BCUT2D eigenvalue weighted by Crippen LogP contribution is 2.28. The standard InChI is InChI=1S/C20H21NO4/c1-13-17-11-16(24-2)8-9-18(17)25-19(13)20(23)21-12-15(22)10-14-6-4-3-5-7-14/h3-9,11,15,22H,10,12H2,1-2H3,(H,21,23). The number of carbonyl (C=O) groups is 1. The van der Waals surface area contributed by atoms with Gasteiger partial charge in [-0.05, 0) is 30.7 Å². The Hall–Kier alpha value is -2.79. The fourth-order valence-corrected chi connectivity index (χ4v) is 2.79. The first-order valence-corrected chi connectivity index (χ1v) is 8.16. The summed E-state index contributed by atoms with van der Waals surface area (Å²) in [5, 5.41) is 13.7. The van der Waals surface area contributed by atoms with E-state index >= 15 is 0 Å². The molecule has 0 saturated carbocycles. The molecule has 5 nitrogen and oxygen atoms in total. The highest BCUT2D eigenvalue weighted by molar-refractivity contribution is 5.99. The lowest BCUT2D eigenvalue weighted by atomic mass is 10.1. The first-order chi connectivity index (χ1) is 12.1. The summed E-state index contributed by atoms with van der Waals surface area (Å²) in [4.78, 5) is 12.4. The molecule has 25 heavy (non-hydrogen) atoms. The Kier molecular flexibility index (Phi) is 5.05. The quantitative estimate of drug-likeness (QED) is 0.724. The predicted octanol–water partition coefficient (Wildman–Crippen LogP) is 3.08. The molecular weight excluding hydrogens is 318 g/mol. The molecule has 2 aromatic carbocycles. The topological polar surface area (TPSA) is 71.7 Å². The molecule has 0 bridgehead atoms. The average molecular weight is 339 g/mol. The third-order valence-corrected chi connectivity index (χ3v) is 4.16. The van der Waals surface area contributed by atoms with Crippen molar-refractivity contribution in [2.24, 2.45) is 0 Å². The molecule has 130 valence electrons. The van der Waals surface area contributed by atoms with Crippen molar-refractivity contribution in [3.8, 4) is 5.75 Å². The van der Waals surface area contributed by atoms with Crippen molar-refractivity contribution < 1.29 is 19.1 Å². The van der Waals surface area contributed by atoms with Crippen molar-refractivity contribution in [2.75, 3.05) is 13.7 Å². The van der Waals surface area contributed by atoms with Crippen molar-refractivity contribution in [3.63, 3.8) is 0 Å². The normalized spacial score (nSPS) is 12.1. The van der Waals surface area contributed by atoms with E-state index in [1.165, 1.54) is 0 Å². The predicted molar refractivity (Wildman–Crippen MR) is 96.0 cm³/mol. The highest BCUT2D eigenvalue weighted by Gasteiger charge is 2.19. The summed E-state index contributed by atoms with van der Waals surface area (Å²) >= 11 is 0. The smallest absolute Gasteiger partial charge is 0.287 e. The molecule has 1 aromatic heterocycles. The van der Waals surface area contributed by atoms with Crippen LogP contribution in [0, 0.1) is 6.92 Å². The Labute approximate surface area is 146 Å². The Morgan fingerprint density at radius 1 is 1.24 bits per heavy atom. The van der Waals surface area contributed by atoms with Gasteiger partial charge >= 0.3 is 0 Å². The van der Waals surface area contributed by atoms with Crippen LogP contribution in [0.1, 0.15) is 21.7 Å². The molecule has 0 fully saturated rings. The summed E-state index contributed by atoms with van der Waals surface area (Å²) < 4.78 is 10.9. The third kappa shape index (κ3) is 3.83. The van der Waals surface area contributed by atoms with Gasteiger partial charge in [-0.25, -0.2) is 0 Å². The number of carbonyl (C=O) groups excluding carboxylic acids is 1. The molecule has 0 radical (unpaired) electrons. The van der Waals surface area contributed by atoms with E-state index in [9.17, 15) is 9.90 Å². The summed E-state index contributed by atoms with van der Waals surface area (Å²) in [7, 11) is 1.60. The van der Waals surface area contributed by atoms with Gasteiger partial charge in [-0.3, -0.25) is 4.79 Å². The van der Waals surface area contributed by atoms with Crippen molar-refractivity contribution in [3.05, 3.63) is 65.4 Å². The fourth-order valence-electron chi connectivity index (χ4n) is 2.79. The van der Waals surface area contributed by atoms with Crippen LogP contribution in [0.2, 0.25) is 0 Å². The van der Waals surface area contributed by atoms with Gasteiger partial charge in [0.2, 0.25) is 0 Å². The monoisotopic (exact) mass is 339 g/mol. The zero-order chi connectivity index (χ0) is 17.8. The second-order valence-electron chi connectivity index (χ2n) is 5.97. The van der Waals surface area contributed by atoms with Crippen LogP contribution in [-0.2, 0) is 6.42 Å². The minimum absolute atomic E-state index is 0.160. The van der Waals surface area contributed by atoms with Gasteiger partial charge in [0.1, 0.15) is 11.3 Å². The molecule has 1 amide bonds. The van der Waals surface area contributed by atoms with E-state index in [1.54, 1.807) is 19.2 Å². The van der Waals surface area contributed by atoms with Crippen molar-refractivity contribution in [1.29, 1.82) is 0 Å². The molecule has 0 spiro atoms. The number of nitrogens with one attached hydrogen (secondary N) is 1. The number of aliphatic hydroxyl groups is 1. The van der Waals surface area contributed by atoms with E-state index in [0.29, 0.717) is 17.8 Å². The van der Waals surface area contributed by atoms with Gasteiger partial charge in [-0.2, -0.15) is 0 Å². The number of aliphatic hydroxyl groups excluding tert-OH is 1. The molecule has 3 aromatic rings. The lowest BCUT2D eigenvalue weighted by Crippen LogP contribution is -2.33. The van der Waals surface area contributed by atoms with Crippen molar-refractivity contribution in [1.82, 2.24) is 5.32 Å². The van der Waals surface area contributed by atoms with Crippen LogP contribution in [0.3, 0.4) is 0 Å². The number of amides is 1. The van der Waals surface area contributed by atoms with Crippen molar-refractivity contribution in [2.45, 2.75) is 19.4 Å². The highest BCUT2D eigenvalue weighted by atomic mass is 16.5. The van der Waals surface area contributed by atoms with Crippen LogP contribution in [0.15, 0.2) is 52.9 Å². The Morgan fingerprint density at radius 2 is 2.00 bits per heavy atom. The number of rotatable bonds is 6. The van der Waals surface area contributed by atoms with Gasteiger partial charge in [0.25, 0.3) is 5.91 Å². The van der Waals surface area contributed by atoms with Gasteiger partial charge in [-0.15, -0.1) is 0 Å². The molecule has 0 aliphatic heterocycles. The van der Waals surface area contributed by atoms with E-state index < -0.39 is 6.10 Å². The summed E-state index contributed by atoms with van der Waals surface area (Å²) in [6.07, 6.45) is -0.173. The maximum absolute atomic E-state index is 12.4. The maximum Gasteiger partial charge on any atom is 0.287 e.